The van der Waals surface area contributed by atoms with Gasteiger partial charge >= 0.3 is 17.7 Å². The summed E-state index contributed by atoms with van der Waals surface area (Å²) in [6, 6.07) is 12.5. The molecule has 3 rings (SSSR count). The highest BCUT2D eigenvalue weighted by Crippen LogP contribution is 2.30. The number of carbonyl (C=O) groups is 2. The number of hydrogen-bond donors (Lipinski definition) is 1. The smallest absolute Gasteiger partial charge is 0.408 e. The third-order valence-corrected chi connectivity index (χ3v) is 4.82. The molecule has 1 heterocycles. The maximum absolute atomic E-state index is 13.1. The van der Waals surface area contributed by atoms with Gasteiger partial charge in [0.25, 0.3) is 0 Å². The van der Waals surface area contributed by atoms with Crippen molar-refractivity contribution in [3.63, 3.8) is 0 Å². The molecule has 0 aliphatic heterocycles. The Labute approximate surface area is 186 Å². The minimum atomic E-state index is -1.09. The molecule has 7 nitrogen and oxygen atoms in total. The van der Waals surface area contributed by atoms with Crippen molar-refractivity contribution in [1.82, 2.24) is 5.32 Å². The number of rotatable bonds is 5. The van der Waals surface area contributed by atoms with E-state index in [4.69, 9.17) is 13.9 Å². The Morgan fingerprint density at radius 1 is 1.09 bits per heavy atom. The van der Waals surface area contributed by atoms with E-state index in [9.17, 15) is 14.4 Å². The predicted molar refractivity (Wildman–Crippen MR) is 121 cm³/mol. The maximum atomic E-state index is 13.1. The number of amides is 1. The number of benzene rings is 2. The third-order valence-electron chi connectivity index (χ3n) is 4.82. The van der Waals surface area contributed by atoms with Gasteiger partial charge in [0, 0.05) is 17.0 Å². The van der Waals surface area contributed by atoms with Crippen molar-refractivity contribution in [2.24, 2.45) is 0 Å². The van der Waals surface area contributed by atoms with Gasteiger partial charge in [-0.3, -0.25) is 0 Å². The molecule has 0 saturated heterocycles. The highest BCUT2D eigenvalue weighted by molar-refractivity contribution is 5.88. The van der Waals surface area contributed by atoms with Crippen LogP contribution in [0.25, 0.3) is 11.0 Å². The quantitative estimate of drug-likeness (QED) is 0.349. The SMILES string of the molecule is CCc1cc(=O)oc2c(C)c(OC(=O)[C@@H](NC(=O)OC(C)(C)C)c3ccccc3)ccc12. The van der Waals surface area contributed by atoms with Gasteiger partial charge in [0.2, 0.25) is 0 Å². The maximum Gasteiger partial charge on any atom is 0.408 e. The molecular weight excluding hydrogens is 410 g/mol. The molecule has 32 heavy (non-hydrogen) atoms. The summed E-state index contributed by atoms with van der Waals surface area (Å²) in [4.78, 5) is 37.4. The number of aryl methyl sites for hydroxylation is 2. The second-order valence-electron chi connectivity index (χ2n) is 8.42. The summed E-state index contributed by atoms with van der Waals surface area (Å²) >= 11 is 0. The Kier molecular flexibility index (Phi) is 6.67. The predicted octanol–water partition coefficient (Wildman–Crippen LogP) is 4.84. The van der Waals surface area contributed by atoms with Gasteiger partial charge in [0.15, 0.2) is 6.04 Å². The summed E-state index contributed by atoms with van der Waals surface area (Å²) in [6.07, 6.45) is -0.0755. The number of esters is 1. The lowest BCUT2D eigenvalue weighted by atomic mass is 10.0. The van der Waals surface area contributed by atoms with Crippen LogP contribution in [0.5, 0.6) is 5.75 Å². The van der Waals surface area contributed by atoms with Gasteiger partial charge in [-0.1, -0.05) is 37.3 Å². The molecular formula is C25H27NO6. The average Bonchev–Trinajstić information content (AvgIpc) is 2.73. The molecule has 1 atom stereocenters. The highest BCUT2D eigenvalue weighted by Gasteiger charge is 2.28. The molecule has 1 aromatic heterocycles. The second kappa shape index (κ2) is 9.26. The normalized spacial score (nSPS) is 12.3. The molecule has 2 aromatic carbocycles. The van der Waals surface area contributed by atoms with Crippen LogP contribution in [-0.4, -0.2) is 17.7 Å². The third kappa shape index (κ3) is 5.35. The van der Waals surface area contributed by atoms with Crippen LogP contribution in [0, 0.1) is 6.92 Å². The van der Waals surface area contributed by atoms with Crippen LogP contribution in [-0.2, 0) is 16.0 Å². The van der Waals surface area contributed by atoms with E-state index in [0.717, 1.165) is 10.9 Å². The van der Waals surface area contributed by atoms with E-state index >= 15 is 0 Å². The van der Waals surface area contributed by atoms with E-state index in [1.54, 1.807) is 70.2 Å². The standard InChI is InChI=1S/C25H27NO6/c1-6-16-14-20(27)31-22-15(2)19(13-12-18(16)22)30-23(28)21(17-10-8-7-9-11-17)26-24(29)32-25(3,4)5/h7-14,21H,6H2,1-5H3,(H,26,29)/t21-/m0/s1. The lowest BCUT2D eigenvalue weighted by Gasteiger charge is -2.23. The van der Waals surface area contributed by atoms with E-state index in [2.05, 4.69) is 5.32 Å². The van der Waals surface area contributed by atoms with E-state index in [-0.39, 0.29) is 5.75 Å². The van der Waals surface area contributed by atoms with Crippen LogP contribution in [0.1, 0.15) is 50.4 Å². The van der Waals surface area contributed by atoms with Crippen LogP contribution >= 0.6 is 0 Å². The van der Waals surface area contributed by atoms with Gasteiger partial charge in [-0.25, -0.2) is 14.4 Å². The Hall–Kier alpha value is -3.61. The molecule has 7 heteroatoms. The summed E-state index contributed by atoms with van der Waals surface area (Å²) in [7, 11) is 0. The Morgan fingerprint density at radius 2 is 1.78 bits per heavy atom. The molecule has 168 valence electrons. The molecule has 0 aliphatic rings. The zero-order chi connectivity index (χ0) is 23.5. The summed E-state index contributed by atoms with van der Waals surface area (Å²) in [5.41, 5.74) is 1.10. The van der Waals surface area contributed by atoms with E-state index in [0.29, 0.717) is 23.1 Å². The van der Waals surface area contributed by atoms with Gasteiger partial charge in [0.1, 0.15) is 16.9 Å². The number of ether oxygens (including phenoxy) is 2. The van der Waals surface area contributed by atoms with Crippen molar-refractivity contribution in [3.05, 3.63) is 75.6 Å². The minimum Gasteiger partial charge on any atom is -0.444 e. The number of fused-ring (bicyclic) bond motifs is 1. The van der Waals surface area contributed by atoms with Crippen molar-refractivity contribution in [3.8, 4) is 5.75 Å². The van der Waals surface area contributed by atoms with Gasteiger partial charge in [-0.15, -0.1) is 0 Å². The Bertz CT molecular complexity index is 1190. The number of alkyl carbamates (subject to hydrolysis) is 1. The van der Waals surface area contributed by atoms with Crippen molar-refractivity contribution in [2.45, 2.75) is 52.7 Å². The van der Waals surface area contributed by atoms with E-state index < -0.39 is 29.3 Å². The zero-order valence-electron chi connectivity index (χ0n) is 18.9. The van der Waals surface area contributed by atoms with Crippen LogP contribution in [0.4, 0.5) is 4.79 Å². The highest BCUT2D eigenvalue weighted by atomic mass is 16.6. The number of nitrogens with one attached hydrogen (secondary N) is 1. The topological polar surface area (TPSA) is 94.8 Å². The first kappa shape index (κ1) is 23.1. The van der Waals surface area contributed by atoms with Gasteiger partial charge in [0.05, 0.1) is 0 Å². The number of hydrogen-bond acceptors (Lipinski definition) is 6. The summed E-state index contributed by atoms with van der Waals surface area (Å²) < 4.78 is 16.3. The fraction of sp³-hybridized carbons (Fsp3) is 0.320. The minimum absolute atomic E-state index is 0.242. The molecule has 1 amide bonds. The second-order valence-corrected chi connectivity index (χ2v) is 8.42. The summed E-state index contributed by atoms with van der Waals surface area (Å²) in [5.74, 6) is -0.454. The summed E-state index contributed by atoms with van der Waals surface area (Å²) in [5, 5.41) is 3.37. The first-order chi connectivity index (χ1) is 15.1. The van der Waals surface area contributed by atoms with Gasteiger partial charge in [-0.2, -0.15) is 0 Å². The van der Waals surface area contributed by atoms with Crippen LogP contribution in [0.2, 0.25) is 0 Å². The first-order valence-electron chi connectivity index (χ1n) is 10.4. The summed E-state index contributed by atoms with van der Waals surface area (Å²) in [6.45, 7) is 8.87. The monoisotopic (exact) mass is 437 g/mol. The fourth-order valence-electron chi connectivity index (χ4n) is 3.33. The molecule has 1 N–H and O–H groups in total. The van der Waals surface area contributed by atoms with Crippen LogP contribution < -0.4 is 15.7 Å². The molecule has 0 radical (unpaired) electrons. The Balaban J connectivity index is 1.94. The van der Waals surface area contributed by atoms with Crippen molar-refractivity contribution >= 4 is 23.0 Å². The first-order valence-corrected chi connectivity index (χ1v) is 10.4. The lowest BCUT2D eigenvalue weighted by Crippen LogP contribution is -2.39. The van der Waals surface area contributed by atoms with Gasteiger partial charge in [-0.05, 0) is 57.4 Å². The van der Waals surface area contributed by atoms with E-state index in [1.807, 2.05) is 6.92 Å². The lowest BCUT2D eigenvalue weighted by molar-refractivity contribution is -0.137. The van der Waals surface area contributed by atoms with Gasteiger partial charge < -0.3 is 19.2 Å². The van der Waals surface area contributed by atoms with Crippen molar-refractivity contribution in [1.29, 1.82) is 0 Å². The van der Waals surface area contributed by atoms with Crippen LogP contribution in [0.3, 0.4) is 0 Å². The molecule has 0 fully saturated rings. The Morgan fingerprint density at radius 3 is 2.41 bits per heavy atom. The van der Waals surface area contributed by atoms with Crippen molar-refractivity contribution in [2.75, 3.05) is 0 Å². The molecule has 0 unspecified atom stereocenters. The zero-order valence-corrected chi connectivity index (χ0v) is 18.9. The molecule has 3 aromatic rings. The number of carbonyl (C=O) groups excluding carboxylic acids is 2. The van der Waals surface area contributed by atoms with Crippen molar-refractivity contribution < 1.29 is 23.5 Å². The molecule has 0 saturated carbocycles. The van der Waals surface area contributed by atoms with E-state index in [1.165, 1.54) is 6.07 Å². The largest absolute Gasteiger partial charge is 0.444 e. The van der Waals surface area contributed by atoms with Crippen LogP contribution in [0.15, 0.2) is 57.7 Å². The molecule has 0 spiro atoms. The molecule has 0 bridgehead atoms. The molecule has 0 aliphatic carbocycles. The fourth-order valence-corrected chi connectivity index (χ4v) is 3.33. The average molecular weight is 437 g/mol.